The summed E-state index contributed by atoms with van der Waals surface area (Å²) in [5, 5.41) is 4.26. The molecule has 0 bridgehead atoms. The van der Waals surface area contributed by atoms with E-state index in [1.807, 2.05) is 37.3 Å². The third kappa shape index (κ3) is 9.11. The summed E-state index contributed by atoms with van der Waals surface area (Å²) >= 11 is 19.1. The van der Waals surface area contributed by atoms with Crippen molar-refractivity contribution in [2.75, 3.05) is 10.8 Å². The molecule has 4 aromatic carbocycles. The van der Waals surface area contributed by atoms with Crippen molar-refractivity contribution in [3.63, 3.8) is 0 Å². The Morgan fingerprint density at radius 3 is 2.19 bits per heavy atom. The lowest BCUT2D eigenvalue weighted by Crippen LogP contribution is -2.55. The maximum absolute atomic E-state index is 14.7. The van der Waals surface area contributed by atoms with E-state index in [0.717, 1.165) is 47.5 Å². The zero-order valence-electron chi connectivity index (χ0n) is 26.6. The van der Waals surface area contributed by atoms with E-state index < -0.39 is 28.5 Å². The van der Waals surface area contributed by atoms with E-state index in [9.17, 15) is 18.0 Å². The topological polar surface area (TPSA) is 86.8 Å². The van der Waals surface area contributed by atoms with Gasteiger partial charge < -0.3 is 10.2 Å². The van der Waals surface area contributed by atoms with E-state index in [-0.39, 0.29) is 35.5 Å². The van der Waals surface area contributed by atoms with Crippen molar-refractivity contribution >= 4 is 62.3 Å². The van der Waals surface area contributed by atoms with Crippen LogP contribution >= 0.6 is 34.8 Å². The Morgan fingerprint density at radius 1 is 0.833 bits per heavy atom. The number of hydrogen-bond donors (Lipinski definition) is 1. The predicted molar refractivity (Wildman–Crippen MR) is 193 cm³/mol. The first-order chi connectivity index (χ1) is 23.0. The number of amides is 2. The van der Waals surface area contributed by atoms with Crippen molar-refractivity contribution in [1.82, 2.24) is 10.2 Å². The highest BCUT2D eigenvalue weighted by Gasteiger charge is 2.35. The lowest BCUT2D eigenvalue weighted by atomic mass is 9.94. The lowest BCUT2D eigenvalue weighted by molar-refractivity contribution is -0.140. The van der Waals surface area contributed by atoms with Crippen LogP contribution in [0.15, 0.2) is 102 Å². The Kier molecular flexibility index (Phi) is 12.1. The molecule has 0 radical (unpaired) electrons. The minimum absolute atomic E-state index is 0.00882. The van der Waals surface area contributed by atoms with E-state index in [1.165, 1.54) is 23.1 Å². The minimum atomic E-state index is -4.25. The molecule has 1 fully saturated rings. The van der Waals surface area contributed by atoms with Gasteiger partial charge in [0.05, 0.1) is 10.6 Å². The molecule has 0 aromatic heterocycles. The molecule has 11 heteroatoms. The lowest BCUT2D eigenvalue weighted by Gasteiger charge is -2.35. The van der Waals surface area contributed by atoms with Gasteiger partial charge in [-0.3, -0.25) is 13.9 Å². The van der Waals surface area contributed by atoms with Crippen LogP contribution in [0.25, 0.3) is 0 Å². The summed E-state index contributed by atoms with van der Waals surface area (Å²) in [6, 6.07) is 26.2. The largest absolute Gasteiger partial charge is 0.352 e. The predicted octanol–water partition coefficient (Wildman–Crippen LogP) is 8.24. The van der Waals surface area contributed by atoms with E-state index in [4.69, 9.17) is 34.8 Å². The summed E-state index contributed by atoms with van der Waals surface area (Å²) in [6.07, 6.45) is 5.08. The molecular weight excluding hydrogens is 689 g/mol. The number of hydrogen-bond acceptors (Lipinski definition) is 4. The molecule has 2 amide bonds. The molecule has 1 aliphatic rings. The Balaban J connectivity index is 1.58. The number of aryl methyl sites for hydroxylation is 1. The van der Waals surface area contributed by atoms with Gasteiger partial charge in [-0.15, -0.1) is 0 Å². The van der Waals surface area contributed by atoms with Crippen LogP contribution in [0, 0.1) is 6.92 Å². The average Bonchev–Trinajstić information content (AvgIpc) is 3.07. The van der Waals surface area contributed by atoms with Crippen LogP contribution in [-0.2, 0) is 32.6 Å². The van der Waals surface area contributed by atoms with Crippen molar-refractivity contribution in [3.8, 4) is 0 Å². The number of carbonyl (C=O) groups is 2. The van der Waals surface area contributed by atoms with Crippen molar-refractivity contribution in [1.29, 1.82) is 0 Å². The highest BCUT2D eigenvalue weighted by molar-refractivity contribution is 7.92. The van der Waals surface area contributed by atoms with Crippen LogP contribution in [0.2, 0.25) is 15.1 Å². The number of rotatable bonds is 12. The molecule has 1 atom stereocenters. The number of carbonyl (C=O) groups excluding carboxylic acids is 2. The van der Waals surface area contributed by atoms with E-state index >= 15 is 0 Å². The second-order valence-electron chi connectivity index (χ2n) is 12.1. The van der Waals surface area contributed by atoms with Gasteiger partial charge in [-0.25, -0.2) is 8.42 Å². The zero-order valence-corrected chi connectivity index (χ0v) is 29.7. The number of halogens is 3. The van der Waals surface area contributed by atoms with E-state index in [0.29, 0.717) is 20.6 Å². The first kappa shape index (κ1) is 35.7. The molecule has 7 nitrogen and oxygen atoms in total. The van der Waals surface area contributed by atoms with Crippen LogP contribution in [0.3, 0.4) is 0 Å². The fourth-order valence-corrected chi connectivity index (χ4v) is 7.99. The second-order valence-corrected chi connectivity index (χ2v) is 15.3. The molecule has 1 N–H and O–H groups in total. The molecule has 5 rings (SSSR count). The molecule has 1 unspecified atom stereocenters. The summed E-state index contributed by atoms with van der Waals surface area (Å²) in [7, 11) is -4.25. The maximum atomic E-state index is 14.7. The number of benzene rings is 4. The molecule has 0 spiro atoms. The van der Waals surface area contributed by atoms with Gasteiger partial charge in [0.25, 0.3) is 10.0 Å². The smallest absolute Gasteiger partial charge is 0.264 e. The van der Waals surface area contributed by atoms with Gasteiger partial charge in [-0.2, -0.15) is 0 Å². The summed E-state index contributed by atoms with van der Waals surface area (Å²) in [5.74, 6) is -0.892. The number of anilines is 1. The molecule has 252 valence electrons. The molecular formula is C37H38Cl3N3O4S. The van der Waals surface area contributed by atoms with E-state index in [1.54, 1.807) is 48.5 Å². The van der Waals surface area contributed by atoms with Gasteiger partial charge in [0.15, 0.2) is 0 Å². The van der Waals surface area contributed by atoms with Gasteiger partial charge >= 0.3 is 0 Å². The second kappa shape index (κ2) is 16.2. The van der Waals surface area contributed by atoms with Crippen molar-refractivity contribution < 1.29 is 18.0 Å². The average molecular weight is 727 g/mol. The number of nitrogens with one attached hydrogen (secondary N) is 1. The monoisotopic (exact) mass is 725 g/mol. The first-order valence-electron chi connectivity index (χ1n) is 15.9. The fourth-order valence-electron chi connectivity index (χ4n) is 5.93. The molecule has 1 saturated carbocycles. The number of sulfonamides is 1. The SMILES string of the molecule is Cc1ccc(S(=O)(=O)N(CC(=O)N(Cc2ccc(Cl)cc2Cl)C(Cc2ccccc2)C(=O)NC2CCCCC2)c2cccc(Cl)c2)cc1. The molecule has 4 aromatic rings. The Bertz CT molecular complexity index is 1830. The molecule has 0 aliphatic heterocycles. The highest BCUT2D eigenvalue weighted by Crippen LogP contribution is 2.29. The summed E-state index contributed by atoms with van der Waals surface area (Å²) in [5.41, 5.74) is 2.51. The quantitative estimate of drug-likeness (QED) is 0.159. The van der Waals surface area contributed by atoms with Gasteiger partial charge in [0.1, 0.15) is 12.6 Å². The summed E-state index contributed by atoms with van der Waals surface area (Å²) in [6.45, 7) is 1.21. The highest BCUT2D eigenvalue weighted by atomic mass is 35.5. The third-order valence-electron chi connectivity index (χ3n) is 8.56. The van der Waals surface area contributed by atoms with Gasteiger partial charge in [-0.05, 0) is 73.4 Å². The van der Waals surface area contributed by atoms with E-state index in [2.05, 4.69) is 5.32 Å². The van der Waals surface area contributed by atoms with Crippen LogP contribution in [0.1, 0.15) is 48.8 Å². The number of nitrogens with zero attached hydrogens (tertiary/aromatic N) is 2. The van der Waals surface area contributed by atoms with Crippen molar-refractivity contribution in [2.24, 2.45) is 0 Å². The van der Waals surface area contributed by atoms with Crippen LogP contribution in [0.4, 0.5) is 5.69 Å². The third-order valence-corrected chi connectivity index (χ3v) is 11.2. The molecule has 0 heterocycles. The molecule has 48 heavy (non-hydrogen) atoms. The van der Waals surface area contributed by atoms with Crippen LogP contribution in [-0.4, -0.2) is 43.8 Å². The van der Waals surface area contributed by atoms with Gasteiger partial charge in [-0.1, -0.05) is 114 Å². The molecule has 0 saturated heterocycles. The standard InChI is InChI=1S/C37H38Cl3N3O4S/c1-26-15-19-33(20-16-26)48(46,47)43(32-14-8-11-29(38)22-32)25-36(44)42(24-28-17-18-30(39)23-34(28)40)35(21-27-9-4-2-5-10-27)37(45)41-31-12-6-3-7-13-31/h2,4-5,8-11,14-20,22-23,31,35H,3,6-7,12-13,21,24-25H2,1H3,(H,41,45). The zero-order chi connectivity index (χ0) is 34.3. The van der Waals surface area contributed by atoms with Crippen molar-refractivity contribution in [2.45, 2.75) is 69.0 Å². The Labute approximate surface area is 297 Å². The fraction of sp³-hybridized carbons (Fsp3) is 0.297. The summed E-state index contributed by atoms with van der Waals surface area (Å²) in [4.78, 5) is 30.4. The summed E-state index contributed by atoms with van der Waals surface area (Å²) < 4.78 is 29.5. The maximum Gasteiger partial charge on any atom is 0.264 e. The normalized spacial score (nSPS) is 14.2. The first-order valence-corrected chi connectivity index (χ1v) is 18.5. The van der Waals surface area contributed by atoms with Gasteiger partial charge in [0, 0.05) is 34.1 Å². The Hall–Kier alpha value is -3.56. The Morgan fingerprint density at radius 2 is 1.52 bits per heavy atom. The molecule has 1 aliphatic carbocycles. The van der Waals surface area contributed by atoms with Gasteiger partial charge in [0.2, 0.25) is 11.8 Å². The van der Waals surface area contributed by atoms with Crippen LogP contribution < -0.4 is 9.62 Å². The minimum Gasteiger partial charge on any atom is -0.352 e. The van der Waals surface area contributed by atoms with Crippen molar-refractivity contribution in [3.05, 3.63) is 129 Å². The van der Waals surface area contributed by atoms with Crippen LogP contribution in [0.5, 0.6) is 0 Å².